The molecular formula is C37H60N4O6. The van der Waals surface area contributed by atoms with Crippen LogP contribution in [0.2, 0.25) is 0 Å². The summed E-state index contributed by atoms with van der Waals surface area (Å²) in [4.78, 5) is 47.7. The van der Waals surface area contributed by atoms with Gasteiger partial charge in [-0.3, -0.25) is 9.59 Å². The van der Waals surface area contributed by atoms with E-state index in [-0.39, 0.29) is 54.7 Å². The standard InChI is InChI=1S/C37H60N4O6/c1-24(2)18-31(33(42)25(3)4)38-34(43)26-19-27(21-40(20-26)36(45)47-37(5,6)7)35(44)41(29-14-15-29)23-28-22-39(16-11-17-46-8)32-13-10-9-12-30(28)32/h9-10,12-13,22,24-27,29-33,42H,11,14-21,23H2,1-8H3,(H,38,43)/t26-,27+,30?,31?,32?,33?/m0/s1. The van der Waals surface area contributed by atoms with E-state index in [0.29, 0.717) is 26.0 Å². The van der Waals surface area contributed by atoms with Gasteiger partial charge in [0.05, 0.1) is 30.0 Å². The van der Waals surface area contributed by atoms with Crippen LogP contribution in [0.5, 0.6) is 0 Å². The van der Waals surface area contributed by atoms with E-state index in [1.165, 1.54) is 5.57 Å². The minimum atomic E-state index is -0.710. The molecule has 264 valence electrons. The molecule has 0 bridgehead atoms. The Kier molecular flexibility index (Phi) is 12.6. The van der Waals surface area contributed by atoms with E-state index in [1.54, 1.807) is 12.0 Å². The van der Waals surface area contributed by atoms with Crippen LogP contribution >= 0.6 is 0 Å². The summed E-state index contributed by atoms with van der Waals surface area (Å²) in [5, 5.41) is 14.1. The smallest absolute Gasteiger partial charge is 0.410 e. The first-order chi connectivity index (χ1) is 22.2. The quantitative estimate of drug-likeness (QED) is 0.260. The second-order valence-corrected chi connectivity index (χ2v) is 15.8. The lowest BCUT2D eigenvalue weighted by Crippen LogP contribution is -2.56. The number of rotatable bonds is 14. The van der Waals surface area contributed by atoms with Gasteiger partial charge in [0.2, 0.25) is 11.8 Å². The molecule has 2 aliphatic heterocycles. The summed E-state index contributed by atoms with van der Waals surface area (Å²) in [6.07, 6.45) is 13.5. The molecule has 10 heteroatoms. The van der Waals surface area contributed by atoms with Gasteiger partial charge >= 0.3 is 6.09 Å². The number of carbonyl (C=O) groups is 3. The fourth-order valence-electron chi connectivity index (χ4n) is 7.10. The molecule has 2 heterocycles. The lowest BCUT2D eigenvalue weighted by atomic mass is 9.86. The zero-order valence-corrected chi connectivity index (χ0v) is 30.0. The number of nitrogens with zero attached hydrogens (tertiary/aromatic N) is 3. The Hall–Kier alpha value is -2.85. The maximum atomic E-state index is 14.5. The average Bonchev–Trinajstić information content (AvgIpc) is 3.79. The number of likely N-dealkylation sites (tertiary alicyclic amines) is 1. The van der Waals surface area contributed by atoms with Crippen molar-refractivity contribution in [3.8, 4) is 0 Å². The van der Waals surface area contributed by atoms with E-state index in [1.807, 2.05) is 39.5 Å². The van der Waals surface area contributed by atoms with Crippen LogP contribution in [0.25, 0.3) is 0 Å². The number of hydrogen-bond acceptors (Lipinski definition) is 7. The van der Waals surface area contributed by atoms with E-state index in [4.69, 9.17) is 9.47 Å². The number of amides is 3. The van der Waals surface area contributed by atoms with Gasteiger partial charge in [0.15, 0.2) is 0 Å². The molecule has 47 heavy (non-hydrogen) atoms. The summed E-state index contributed by atoms with van der Waals surface area (Å²) in [5.41, 5.74) is 0.500. The number of hydrogen-bond donors (Lipinski definition) is 2. The first kappa shape index (κ1) is 37.0. The third-order valence-corrected chi connectivity index (χ3v) is 9.61. The fourth-order valence-corrected chi connectivity index (χ4v) is 7.10. The van der Waals surface area contributed by atoms with Crippen molar-refractivity contribution < 1.29 is 29.0 Å². The van der Waals surface area contributed by atoms with Crippen molar-refractivity contribution in [2.75, 3.05) is 39.9 Å². The van der Waals surface area contributed by atoms with E-state index in [0.717, 1.165) is 25.8 Å². The molecule has 0 radical (unpaired) electrons. The molecule has 3 amide bonds. The third kappa shape index (κ3) is 10.1. The predicted molar refractivity (Wildman–Crippen MR) is 183 cm³/mol. The normalized spacial score (nSPS) is 25.5. The Morgan fingerprint density at radius 2 is 1.74 bits per heavy atom. The zero-order chi connectivity index (χ0) is 34.5. The highest BCUT2D eigenvalue weighted by atomic mass is 16.6. The molecule has 0 aromatic rings. The summed E-state index contributed by atoms with van der Waals surface area (Å²) in [6, 6.07) is -0.0232. The second-order valence-electron chi connectivity index (χ2n) is 15.8. The number of fused-ring (bicyclic) bond motifs is 1. The largest absolute Gasteiger partial charge is 0.444 e. The lowest BCUT2D eigenvalue weighted by Gasteiger charge is -2.40. The fraction of sp³-hybridized carbons (Fsp3) is 0.757. The maximum absolute atomic E-state index is 14.5. The van der Waals surface area contributed by atoms with Crippen LogP contribution in [0.15, 0.2) is 36.1 Å². The van der Waals surface area contributed by atoms with Gasteiger partial charge in [-0.2, -0.15) is 0 Å². The van der Waals surface area contributed by atoms with Crippen molar-refractivity contribution in [3.05, 3.63) is 36.1 Å². The average molecular weight is 657 g/mol. The molecule has 4 aliphatic rings. The van der Waals surface area contributed by atoms with Crippen LogP contribution in [0.4, 0.5) is 4.79 Å². The van der Waals surface area contributed by atoms with Gasteiger partial charge in [-0.15, -0.1) is 0 Å². The van der Waals surface area contributed by atoms with Gasteiger partial charge in [-0.1, -0.05) is 52.0 Å². The monoisotopic (exact) mass is 656 g/mol. The van der Waals surface area contributed by atoms with Crippen LogP contribution in [0, 0.1) is 29.6 Å². The number of aliphatic hydroxyl groups excluding tert-OH is 1. The Labute approximate surface area is 282 Å². The van der Waals surface area contributed by atoms with Gasteiger partial charge in [-0.25, -0.2) is 4.79 Å². The minimum Gasteiger partial charge on any atom is -0.444 e. The van der Waals surface area contributed by atoms with Crippen molar-refractivity contribution in [2.24, 2.45) is 29.6 Å². The molecule has 2 aliphatic carbocycles. The van der Waals surface area contributed by atoms with Crippen molar-refractivity contribution in [1.29, 1.82) is 0 Å². The zero-order valence-electron chi connectivity index (χ0n) is 30.0. The van der Waals surface area contributed by atoms with Crippen LogP contribution < -0.4 is 5.32 Å². The van der Waals surface area contributed by atoms with E-state index in [9.17, 15) is 19.5 Å². The summed E-state index contributed by atoms with van der Waals surface area (Å²) in [5.74, 6) is -0.932. The van der Waals surface area contributed by atoms with Gasteiger partial charge in [0, 0.05) is 58.1 Å². The molecule has 10 nitrogen and oxygen atoms in total. The molecule has 2 N–H and O–H groups in total. The number of carbonyl (C=O) groups excluding carboxylic acids is 3. The number of piperidine rings is 1. The third-order valence-electron chi connectivity index (χ3n) is 9.61. The Balaban J connectivity index is 1.55. The van der Waals surface area contributed by atoms with Crippen LogP contribution in [-0.2, 0) is 19.1 Å². The highest BCUT2D eigenvalue weighted by Gasteiger charge is 2.44. The molecule has 4 rings (SSSR count). The van der Waals surface area contributed by atoms with E-state index in [2.05, 4.69) is 54.6 Å². The van der Waals surface area contributed by atoms with Crippen molar-refractivity contribution in [3.63, 3.8) is 0 Å². The first-order valence-electron chi connectivity index (χ1n) is 17.8. The topological polar surface area (TPSA) is 112 Å². The summed E-state index contributed by atoms with van der Waals surface area (Å²) >= 11 is 0. The Bertz CT molecular complexity index is 1190. The predicted octanol–water partition coefficient (Wildman–Crippen LogP) is 4.75. The van der Waals surface area contributed by atoms with Crippen molar-refractivity contribution >= 4 is 17.9 Å². The molecule has 2 fully saturated rings. The molecular weight excluding hydrogens is 596 g/mol. The Morgan fingerprint density at radius 3 is 2.36 bits per heavy atom. The minimum absolute atomic E-state index is 0.00915. The van der Waals surface area contributed by atoms with Gasteiger partial charge in [0.1, 0.15) is 5.60 Å². The molecule has 6 atom stereocenters. The van der Waals surface area contributed by atoms with Crippen molar-refractivity contribution in [1.82, 2.24) is 20.0 Å². The molecule has 0 spiro atoms. The highest BCUT2D eigenvalue weighted by Crippen LogP contribution is 2.38. The summed E-state index contributed by atoms with van der Waals surface area (Å²) in [7, 11) is 1.72. The molecule has 0 aromatic heterocycles. The van der Waals surface area contributed by atoms with E-state index < -0.39 is 35.7 Å². The molecule has 4 unspecified atom stereocenters. The Morgan fingerprint density at radius 1 is 1.06 bits per heavy atom. The maximum Gasteiger partial charge on any atom is 0.410 e. The number of nitrogens with one attached hydrogen (secondary N) is 1. The number of methoxy groups -OCH3 is 1. The van der Waals surface area contributed by atoms with Gasteiger partial charge in [0.25, 0.3) is 0 Å². The van der Waals surface area contributed by atoms with E-state index >= 15 is 0 Å². The lowest BCUT2D eigenvalue weighted by molar-refractivity contribution is -0.140. The number of allylic oxidation sites excluding steroid dienone is 2. The van der Waals surface area contributed by atoms with Gasteiger partial charge < -0.3 is 34.6 Å². The van der Waals surface area contributed by atoms with Crippen molar-refractivity contribution in [2.45, 2.75) is 110 Å². The van der Waals surface area contributed by atoms with Crippen LogP contribution in [0.3, 0.4) is 0 Å². The summed E-state index contributed by atoms with van der Waals surface area (Å²) in [6.45, 7) is 15.9. The molecule has 1 saturated carbocycles. The first-order valence-corrected chi connectivity index (χ1v) is 17.8. The number of aliphatic hydroxyl groups is 1. The molecule has 0 aromatic carbocycles. The SMILES string of the molecule is COCCCN1C=C(CN(C(=O)[C@@H]2C[C@H](C(=O)NC(CC(C)C)C(O)C(C)C)CN(C(=O)OC(C)(C)C)C2)C2CC2)C2C=CC=CC21. The van der Waals surface area contributed by atoms with Gasteiger partial charge in [-0.05, 0) is 70.3 Å². The van der Waals surface area contributed by atoms with Crippen LogP contribution in [0.1, 0.15) is 80.6 Å². The highest BCUT2D eigenvalue weighted by molar-refractivity contribution is 5.85. The number of ether oxygens (including phenoxy) is 2. The second kappa shape index (κ2) is 16.0. The molecule has 1 saturated heterocycles. The summed E-state index contributed by atoms with van der Waals surface area (Å²) < 4.78 is 11.0. The van der Waals surface area contributed by atoms with Crippen LogP contribution in [-0.4, -0.2) is 107 Å².